The summed E-state index contributed by atoms with van der Waals surface area (Å²) in [6.45, 7) is 2.48. The number of carbonyl (C=O) groups excluding carboxylic acids is 1. The van der Waals surface area contributed by atoms with Crippen molar-refractivity contribution in [2.24, 2.45) is 0 Å². The zero-order valence-electron chi connectivity index (χ0n) is 14.7. The van der Waals surface area contributed by atoms with E-state index in [1.807, 2.05) is 31.2 Å². The third-order valence-electron chi connectivity index (χ3n) is 3.76. The first kappa shape index (κ1) is 19.9. The fraction of sp³-hybridized carbons (Fsp3) is 0.438. The molecule has 1 aliphatic rings. The Bertz CT molecular complexity index is 901. The molecule has 2 N–H and O–H groups in total. The maximum atomic E-state index is 12.0. The van der Waals surface area contributed by atoms with E-state index >= 15 is 0 Å². The van der Waals surface area contributed by atoms with Crippen molar-refractivity contribution in [2.45, 2.75) is 23.7 Å². The number of hydrogen-bond acceptors (Lipinski definition) is 9. The number of nitrogens with zero attached hydrogens (tertiary/aromatic N) is 2. The van der Waals surface area contributed by atoms with Gasteiger partial charge >= 0.3 is 0 Å². The summed E-state index contributed by atoms with van der Waals surface area (Å²) in [5, 5.41) is 14.7. The van der Waals surface area contributed by atoms with Crippen LogP contribution in [0.3, 0.4) is 0 Å². The van der Waals surface area contributed by atoms with E-state index in [0.717, 1.165) is 11.4 Å². The molecule has 146 valence electrons. The zero-order chi connectivity index (χ0) is 19.3. The second kappa shape index (κ2) is 8.89. The number of hydrogen-bond donors (Lipinski definition) is 2. The minimum atomic E-state index is -3.00. The summed E-state index contributed by atoms with van der Waals surface area (Å²) in [4.78, 5) is 12.0. The number of amides is 1. The van der Waals surface area contributed by atoms with Crippen molar-refractivity contribution in [1.29, 1.82) is 0 Å². The van der Waals surface area contributed by atoms with Crippen molar-refractivity contribution in [3.8, 4) is 5.75 Å². The Morgan fingerprint density at radius 1 is 1.37 bits per heavy atom. The Hall–Kier alpha value is -1.85. The lowest BCUT2D eigenvalue weighted by molar-refractivity contribution is -0.119. The highest BCUT2D eigenvalue weighted by atomic mass is 32.2. The topological polar surface area (TPSA) is 110 Å². The van der Waals surface area contributed by atoms with Gasteiger partial charge in [0.2, 0.25) is 11.0 Å². The highest BCUT2D eigenvalue weighted by Crippen LogP contribution is 2.31. The first-order chi connectivity index (χ1) is 12.9. The number of benzene rings is 1. The van der Waals surface area contributed by atoms with E-state index in [0.29, 0.717) is 22.5 Å². The number of carbonyl (C=O) groups is 1. The van der Waals surface area contributed by atoms with Gasteiger partial charge in [-0.2, -0.15) is 0 Å². The monoisotopic (exact) mass is 428 g/mol. The number of aromatic nitrogens is 2. The molecular weight excluding hydrogens is 408 g/mol. The van der Waals surface area contributed by atoms with Gasteiger partial charge in [0.15, 0.2) is 14.2 Å². The first-order valence-electron chi connectivity index (χ1n) is 8.40. The van der Waals surface area contributed by atoms with Crippen molar-refractivity contribution in [3.63, 3.8) is 0 Å². The SMILES string of the molecule is CCOc1ccccc1Nc1nnc(SCC(=O)N[C@H]2CCS(=O)(=O)C2)s1. The molecule has 0 bridgehead atoms. The van der Waals surface area contributed by atoms with Gasteiger partial charge in [-0.1, -0.05) is 35.2 Å². The standard InChI is InChI=1S/C16H20N4O4S3/c1-2-24-13-6-4-3-5-12(13)18-15-19-20-16(26-15)25-9-14(21)17-11-7-8-27(22,23)10-11/h3-6,11H,2,7-10H2,1H3,(H,17,21)(H,18,19)/t11-/m0/s1. The Kier molecular flexibility index (Phi) is 6.55. The highest BCUT2D eigenvalue weighted by molar-refractivity contribution is 8.01. The number of ether oxygens (including phenoxy) is 1. The van der Waals surface area contributed by atoms with Gasteiger partial charge in [0.05, 0.1) is 29.6 Å². The van der Waals surface area contributed by atoms with Crippen LogP contribution in [0.4, 0.5) is 10.8 Å². The van der Waals surface area contributed by atoms with Gasteiger partial charge in [0, 0.05) is 6.04 Å². The molecule has 11 heteroatoms. The Balaban J connectivity index is 1.50. The fourth-order valence-corrected chi connectivity index (χ4v) is 5.84. The molecule has 0 aliphatic carbocycles. The van der Waals surface area contributed by atoms with Crippen LogP contribution in [-0.4, -0.2) is 54.4 Å². The molecule has 2 aromatic rings. The van der Waals surface area contributed by atoms with Crippen LogP contribution in [0.1, 0.15) is 13.3 Å². The Labute approximate surface area is 166 Å². The van der Waals surface area contributed by atoms with Gasteiger partial charge in [-0.05, 0) is 25.5 Å². The second-order valence-corrected chi connectivity index (χ2v) is 10.3. The molecular formula is C16H20N4O4S3. The minimum Gasteiger partial charge on any atom is -0.492 e. The Morgan fingerprint density at radius 3 is 2.93 bits per heavy atom. The number of para-hydroxylation sites is 2. The first-order valence-corrected chi connectivity index (χ1v) is 12.0. The van der Waals surface area contributed by atoms with Crippen LogP contribution < -0.4 is 15.4 Å². The molecule has 0 unspecified atom stereocenters. The average Bonchev–Trinajstić information content (AvgIpc) is 3.21. The van der Waals surface area contributed by atoms with Crippen molar-refractivity contribution >= 4 is 49.7 Å². The van der Waals surface area contributed by atoms with Crippen LogP contribution in [-0.2, 0) is 14.6 Å². The van der Waals surface area contributed by atoms with Crippen LogP contribution >= 0.6 is 23.1 Å². The van der Waals surface area contributed by atoms with Gasteiger partial charge in [-0.3, -0.25) is 4.79 Å². The lowest BCUT2D eigenvalue weighted by Crippen LogP contribution is -2.36. The molecule has 2 heterocycles. The van der Waals surface area contributed by atoms with Crippen LogP contribution in [0.25, 0.3) is 0 Å². The summed E-state index contributed by atoms with van der Waals surface area (Å²) in [6, 6.07) is 7.27. The van der Waals surface area contributed by atoms with Crippen LogP contribution in [0.2, 0.25) is 0 Å². The van der Waals surface area contributed by atoms with E-state index in [1.165, 1.54) is 23.1 Å². The van der Waals surface area contributed by atoms with Crippen LogP contribution in [0.5, 0.6) is 5.75 Å². The summed E-state index contributed by atoms with van der Waals surface area (Å²) < 4.78 is 29.1. The van der Waals surface area contributed by atoms with Crippen molar-refractivity contribution in [3.05, 3.63) is 24.3 Å². The minimum absolute atomic E-state index is 0.0233. The van der Waals surface area contributed by atoms with Gasteiger partial charge in [0.1, 0.15) is 5.75 Å². The molecule has 0 saturated carbocycles. The number of rotatable bonds is 8. The van der Waals surface area contributed by atoms with Crippen molar-refractivity contribution < 1.29 is 17.9 Å². The summed E-state index contributed by atoms with van der Waals surface area (Å²) in [5.74, 6) is 0.861. The van der Waals surface area contributed by atoms with Gasteiger partial charge in [-0.25, -0.2) is 8.42 Å². The molecule has 0 spiro atoms. The lowest BCUT2D eigenvalue weighted by Gasteiger charge is -2.09. The molecule has 1 aromatic heterocycles. The second-order valence-electron chi connectivity index (χ2n) is 5.88. The summed E-state index contributed by atoms with van der Waals surface area (Å²) in [7, 11) is -3.00. The van der Waals surface area contributed by atoms with Gasteiger partial charge in [-0.15, -0.1) is 10.2 Å². The van der Waals surface area contributed by atoms with E-state index in [2.05, 4.69) is 20.8 Å². The molecule has 3 rings (SSSR count). The number of sulfone groups is 1. The maximum Gasteiger partial charge on any atom is 0.230 e. The normalized spacial score (nSPS) is 18.2. The van der Waals surface area contributed by atoms with E-state index in [1.54, 1.807) is 0 Å². The van der Waals surface area contributed by atoms with E-state index in [4.69, 9.17) is 4.74 Å². The number of nitrogens with one attached hydrogen (secondary N) is 2. The van der Waals surface area contributed by atoms with Crippen LogP contribution in [0, 0.1) is 0 Å². The largest absolute Gasteiger partial charge is 0.492 e. The molecule has 1 fully saturated rings. The van der Waals surface area contributed by atoms with Crippen molar-refractivity contribution in [1.82, 2.24) is 15.5 Å². The molecule has 1 saturated heterocycles. The molecule has 1 aromatic carbocycles. The van der Waals surface area contributed by atoms with E-state index in [9.17, 15) is 13.2 Å². The summed E-state index contributed by atoms with van der Waals surface area (Å²) in [5.41, 5.74) is 0.798. The van der Waals surface area contributed by atoms with Gasteiger partial charge in [0.25, 0.3) is 0 Å². The van der Waals surface area contributed by atoms with Crippen molar-refractivity contribution in [2.75, 3.05) is 29.2 Å². The highest BCUT2D eigenvalue weighted by Gasteiger charge is 2.28. The molecule has 27 heavy (non-hydrogen) atoms. The molecule has 1 amide bonds. The van der Waals surface area contributed by atoms with E-state index < -0.39 is 9.84 Å². The smallest absolute Gasteiger partial charge is 0.230 e. The zero-order valence-corrected chi connectivity index (χ0v) is 17.1. The quantitative estimate of drug-likeness (QED) is 0.615. The Morgan fingerprint density at radius 2 is 2.19 bits per heavy atom. The van der Waals surface area contributed by atoms with Crippen LogP contribution in [0.15, 0.2) is 28.6 Å². The molecule has 1 atom stereocenters. The van der Waals surface area contributed by atoms with E-state index in [-0.39, 0.29) is 29.2 Å². The summed E-state index contributed by atoms with van der Waals surface area (Å²) >= 11 is 2.61. The third kappa shape index (κ3) is 5.81. The number of anilines is 2. The maximum absolute atomic E-state index is 12.0. The summed E-state index contributed by atoms with van der Waals surface area (Å²) in [6.07, 6.45) is 0.477. The average molecular weight is 429 g/mol. The molecule has 0 radical (unpaired) electrons. The third-order valence-corrected chi connectivity index (χ3v) is 7.50. The number of thioether (sulfide) groups is 1. The predicted octanol–water partition coefficient (Wildman–Crippen LogP) is 2.08. The lowest BCUT2D eigenvalue weighted by atomic mass is 10.3. The fourth-order valence-electron chi connectivity index (χ4n) is 2.59. The molecule has 1 aliphatic heterocycles. The molecule has 8 nitrogen and oxygen atoms in total. The predicted molar refractivity (Wildman–Crippen MR) is 107 cm³/mol. The van der Waals surface area contributed by atoms with Gasteiger partial charge < -0.3 is 15.4 Å².